The number of aryl methyl sites for hydroxylation is 1. The Balaban J connectivity index is 2.34. The maximum atomic E-state index is 13.1. The molecule has 0 unspecified atom stereocenters. The van der Waals surface area contributed by atoms with Crippen LogP contribution < -0.4 is 0 Å². The monoisotopic (exact) mass is 396 g/mol. The highest BCUT2D eigenvalue weighted by Gasteiger charge is 2.29. The first-order chi connectivity index (χ1) is 12.6. The summed E-state index contributed by atoms with van der Waals surface area (Å²) in [6.45, 7) is 4.46. The first-order valence-electron chi connectivity index (χ1n) is 8.19. The molecule has 0 spiro atoms. The lowest BCUT2D eigenvalue weighted by Gasteiger charge is -2.20. The van der Waals surface area contributed by atoms with Gasteiger partial charge in [0.05, 0.1) is 18.6 Å². The molecular weight excluding hydrogens is 375 g/mol. The van der Waals surface area contributed by atoms with Crippen molar-refractivity contribution < 1.29 is 27.1 Å². The molecule has 1 aromatic heterocycles. The maximum Gasteiger partial charge on any atom is 0.354 e. The van der Waals surface area contributed by atoms with Gasteiger partial charge in [0.1, 0.15) is 11.5 Å². The average molecular weight is 396 g/mol. The molecule has 0 aliphatic rings. The molecular formula is C18H21FN2O5S. The molecule has 9 heteroatoms. The fourth-order valence-electron chi connectivity index (χ4n) is 2.84. The zero-order valence-electron chi connectivity index (χ0n) is 15.5. The highest BCUT2D eigenvalue weighted by Crippen LogP contribution is 2.22. The fourth-order valence-corrected chi connectivity index (χ4v) is 4.24. The summed E-state index contributed by atoms with van der Waals surface area (Å²) in [7, 11) is -2.74. The molecule has 7 nitrogen and oxygen atoms in total. The van der Waals surface area contributed by atoms with Gasteiger partial charge in [-0.1, -0.05) is 6.92 Å². The zero-order valence-corrected chi connectivity index (χ0v) is 16.3. The van der Waals surface area contributed by atoms with Gasteiger partial charge in [0.25, 0.3) is 0 Å². The number of hydrogen-bond acceptors (Lipinski definition) is 5. The van der Waals surface area contributed by atoms with E-state index in [2.05, 4.69) is 9.72 Å². The molecule has 0 aliphatic carbocycles. The van der Waals surface area contributed by atoms with Crippen LogP contribution in [0.3, 0.4) is 0 Å². The molecule has 0 bridgehead atoms. The third kappa shape index (κ3) is 4.09. The number of methoxy groups -OCH3 is 1. The molecule has 27 heavy (non-hydrogen) atoms. The van der Waals surface area contributed by atoms with E-state index in [4.69, 9.17) is 0 Å². The number of aromatic nitrogens is 1. The topological polar surface area (TPSA) is 96.5 Å². The molecule has 1 heterocycles. The number of carbonyl (C=O) groups is 2. The highest BCUT2D eigenvalue weighted by molar-refractivity contribution is 7.89. The molecule has 0 saturated heterocycles. The fraction of sp³-hybridized carbons (Fsp3) is 0.333. The molecule has 0 aliphatic heterocycles. The van der Waals surface area contributed by atoms with Crippen LogP contribution in [-0.4, -0.2) is 49.7 Å². The van der Waals surface area contributed by atoms with Crippen LogP contribution >= 0.6 is 0 Å². The number of esters is 1. The minimum absolute atomic E-state index is 0.0534. The lowest BCUT2D eigenvalue weighted by molar-refractivity contribution is 0.0594. The number of sulfonamides is 1. The van der Waals surface area contributed by atoms with Crippen LogP contribution in [0.25, 0.3) is 0 Å². The second-order valence-electron chi connectivity index (χ2n) is 5.92. The Morgan fingerprint density at radius 2 is 1.78 bits per heavy atom. The van der Waals surface area contributed by atoms with Gasteiger partial charge in [-0.15, -0.1) is 0 Å². The molecule has 0 amide bonds. The number of rotatable bonds is 7. The lowest BCUT2D eigenvalue weighted by Crippen LogP contribution is -2.35. The van der Waals surface area contributed by atoms with Gasteiger partial charge in [0.15, 0.2) is 5.78 Å². The molecule has 1 N–H and O–H groups in total. The minimum atomic E-state index is -3.97. The van der Waals surface area contributed by atoms with E-state index in [-0.39, 0.29) is 22.7 Å². The second kappa shape index (κ2) is 8.01. The predicted octanol–water partition coefficient (Wildman–Crippen LogP) is 2.45. The van der Waals surface area contributed by atoms with Crippen molar-refractivity contribution in [3.05, 3.63) is 52.6 Å². The number of aromatic amines is 1. The van der Waals surface area contributed by atoms with Crippen LogP contribution in [0, 0.1) is 19.7 Å². The summed E-state index contributed by atoms with van der Waals surface area (Å²) in [5, 5.41) is 0. The van der Waals surface area contributed by atoms with Crippen molar-refractivity contribution in [2.24, 2.45) is 0 Å². The number of Topliss-reactive ketones (excluding diaryl/α,β-unsaturated/α-hetero) is 1. The quantitative estimate of drug-likeness (QED) is 0.573. The van der Waals surface area contributed by atoms with E-state index in [1.54, 1.807) is 20.8 Å². The van der Waals surface area contributed by atoms with Gasteiger partial charge < -0.3 is 9.72 Å². The van der Waals surface area contributed by atoms with Crippen molar-refractivity contribution in [2.75, 3.05) is 20.2 Å². The molecule has 2 aromatic rings. The van der Waals surface area contributed by atoms with E-state index < -0.39 is 34.1 Å². The van der Waals surface area contributed by atoms with Gasteiger partial charge in [-0.25, -0.2) is 17.6 Å². The molecule has 0 radical (unpaired) electrons. The van der Waals surface area contributed by atoms with Crippen LogP contribution in [0.4, 0.5) is 4.39 Å². The van der Waals surface area contributed by atoms with E-state index in [0.29, 0.717) is 11.3 Å². The molecule has 0 atom stereocenters. The van der Waals surface area contributed by atoms with Crippen LogP contribution in [0.15, 0.2) is 29.2 Å². The molecule has 2 rings (SSSR count). The molecule has 0 saturated carbocycles. The number of halogens is 1. The SMILES string of the molecule is CCN(CC(=O)c1c(C)[nH]c(C(=O)OC)c1C)S(=O)(=O)c1ccc(F)cc1. The van der Waals surface area contributed by atoms with Gasteiger partial charge in [-0.2, -0.15) is 4.31 Å². The lowest BCUT2D eigenvalue weighted by atomic mass is 10.1. The Morgan fingerprint density at radius 1 is 1.19 bits per heavy atom. The number of nitrogens with one attached hydrogen (secondary N) is 1. The number of benzene rings is 1. The highest BCUT2D eigenvalue weighted by atomic mass is 32.2. The van der Waals surface area contributed by atoms with Crippen LogP contribution in [0.5, 0.6) is 0 Å². The number of carbonyl (C=O) groups excluding carboxylic acids is 2. The van der Waals surface area contributed by atoms with Gasteiger partial charge in [-0.3, -0.25) is 4.79 Å². The third-order valence-electron chi connectivity index (χ3n) is 4.23. The Labute approximate surface area is 157 Å². The summed E-state index contributed by atoms with van der Waals surface area (Å²) in [5.74, 6) is -1.62. The summed E-state index contributed by atoms with van der Waals surface area (Å²) < 4.78 is 44.2. The average Bonchev–Trinajstić information content (AvgIpc) is 2.93. The van der Waals surface area contributed by atoms with E-state index in [1.807, 2.05) is 0 Å². The van der Waals surface area contributed by atoms with Crippen molar-refractivity contribution in [1.29, 1.82) is 0 Å². The summed E-state index contributed by atoms with van der Waals surface area (Å²) >= 11 is 0. The van der Waals surface area contributed by atoms with E-state index in [0.717, 1.165) is 28.6 Å². The molecule has 0 fully saturated rings. The standard InChI is InChI=1S/C18H21FN2O5S/c1-5-21(27(24,25)14-8-6-13(19)7-9-14)10-15(22)16-11(2)17(18(23)26-4)20-12(16)3/h6-9,20H,5,10H2,1-4H3. The van der Waals surface area contributed by atoms with E-state index in [9.17, 15) is 22.4 Å². The second-order valence-corrected chi connectivity index (χ2v) is 7.86. The number of ketones is 1. The summed E-state index contributed by atoms with van der Waals surface area (Å²) in [4.78, 5) is 27.3. The van der Waals surface area contributed by atoms with Crippen molar-refractivity contribution in [2.45, 2.75) is 25.7 Å². The predicted molar refractivity (Wildman–Crippen MR) is 96.8 cm³/mol. The van der Waals surface area contributed by atoms with Gasteiger partial charge in [0, 0.05) is 17.8 Å². The summed E-state index contributed by atoms with van der Waals surface area (Å²) in [6.07, 6.45) is 0. The van der Waals surface area contributed by atoms with Crippen molar-refractivity contribution in [1.82, 2.24) is 9.29 Å². The number of nitrogens with zero attached hydrogens (tertiary/aromatic N) is 1. The summed E-state index contributed by atoms with van der Waals surface area (Å²) in [6, 6.07) is 4.40. The van der Waals surface area contributed by atoms with E-state index >= 15 is 0 Å². The van der Waals surface area contributed by atoms with Gasteiger partial charge in [0.2, 0.25) is 10.0 Å². The van der Waals surface area contributed by atoms with Crippen LogP contribution in [0.1, 0.15) is 39.0 Å². The number of H-pyrrole nitrogens is 1. The maximum absolute atomic E-state index is 13.1. The normalized spacial score (nSPS) is 11.6. The van der Waals surface area contributed by atoms with Gasteiger partial charge >= 0.3 is 5.97 Å². The first kappa shape index (κ1) is 20.8. The van der Waals surface area contributed by atoms with Gasteiger partial charge in [-0.05, 0) is 43.7 Å². The minimum Gasteiger partial charge on any atom is -0.464 e. The van der Waals surface area contributed by atoms with Crippen LogP contribution in [0.2, 0.25) is 0 Å². The Bertz CT molecular complexity index is 964. The van der Waals surface area contributed by atoms with Crippen LogP contribution in [-0.2, 0) is 14.8 Å². The smallest absolute Gasteiger partial charge is 0.354 e. The van der Waals surface area contributed by atoms with Crippen molar-refractivity contribution in [3.8, 4) is 0 Å². The van der Waals surface area contributed by atoms with Crippen molar-refractivity contribution in [3.63, 3.8) is 0 Å². The zero-order chi connectivity index (χ0) is 20.4. The molecule has 1 aromatic carbocycles. The largest absolute Gasteiger partial charge is 0.464 e. The molecule has 146 valence electrons. The Kier molecular flexibility index (Phi) is 6.17. The number of ether oxygens (including phenoxy) is 1. The Hall–Kier alpha value is -2.52. The number of hydrogen-bond donors (Lipinski definition) is 1. The summed E-state index contributed by atoms with van der Waals surface area (Å²) in [5.41, 5.74) is 1.26. The number of likely N-dealkylation sites (N-methyl/N-ethyl adjacent to an activating group) is 1. The van der Waals surface area contributed by atoms with Crippen molar-refractivity contribution >= 4 is 21.8 Å². The third-order valence-corrected chi connectivity index (χ3v) is 6.16. The van der Waals surface area contributed by atoms with E-state index in [1.165, 1.54) is 7.11 Å². The Morgan fingerprint density at radius 3 is 2.30 bits per heavy atom. The first-order valence-corrected chi connectivity index (χ1v) is 9.63.